The Morgan fingerprint density at radius 2 is 2.39 bits per heavy atom. The molecule has 0 amide bonds. The number of fused-ring (bicyclic) bond motifs is 1. The van der Waals surface area contributed by atoms with Gasteiger partial charge in [-0.2, -0.15) is 0 Å². The molecular weight excluding hydrogens is 232 g/mol. The van der Waals surface area contributed by atoms with Crippen LogP contribution < -0.4 is 0 Å². The molecular formula is C13H14N2O3. The summed E-state index contributed by atoms with van der Waals surface area (Å²) >= 11 is 0. The van der Waals surface area contributed by atoms with Gasteiger partial charge in [-0.1, -0.05) is 6.92 Å². The predicted octanol–water partition coefficient (Wildman–Crippen LogP) is 2.36. The van der Waals surface area contributed by atoms with Crippen LogP contribution in [0.3, 0.4) is 0 Å². The number of aromatic amines is 1. The van der Waals surface area contributed by atoms with Crippen molar-refractivity contribution in [1.29, 1.82) is 0 Å². The first-order valence-electron chi connectivity index (χ1n) is 5.99. The zero-order valence-electron chi connectivity index (χ0n) is 10.0. The number of nitrogens with zero attached hydrogens (tertiary/aromatic N) is 1. The SMILES string of the molecule is CC1CCOC1c1nc2ccc(C(=O)O)cc2[nH]1. The quantitative estimate of drug-likeness (QED) is 0.852. The van der Waals surface area contributed by atoms with Crippen LogP contribution in [0.2, 0.25) is 0 Å². The molecule has 0 saturated carbocycles. The van der Waals surface area contributed by atoms with Crippen molar-refractivity contribution in [3.05, 3.63) is 29.6 Å². The van der Waals surface area contributed by atoms with Crippen LogP contribution in [-0.2, 0) is 4.74 Å². The zero-order chi connectivity index (χ0) is 12.7. The summed E-state index contributed by atoms with van der Waals surface area (Å²) in [7, 11) is 0. The number of carboxylic acid groups (broad SMARTS) is 1. The first kappa shape index (κ1) is 11.2. The molecule has 2 heterocycles. The van der Waals surface area contributed by atoms with Crippen LogP contribution in [0.1, 0.15) is 35.6 Å². The normalized spacial score (nSPS) is 23.6. The molecule has 2 unspecified atom stereocenters. The highest BCUT2D eigenvalue weighted by atomic mass is 16.5. The fraction of sp³-hybridized carbons (Fsp3) is 0.385. The Morgan fingerprint density at radius 1 is 1.56 bits per heavy atom. The topological polar surface area (TPSA) is 75.2 Å². The van der Waals surface area contributed by atoms with Crippen molar-refractivity contribution in [3.63, 3.8) is 0 Å². The van der Waals surface area contributed by atoms with Crippen molar-refractivity contribution in [2.24, 2.45) is 5.92 Å². The molecule has 2 aromatic rings. The van der Waals surface area contributed by atoms with Gasteiger partial charge in [0.1, 0.15) is 11.9 Å². The largest absolute Gasteiger partial charge is 0.478 e. The first-order valence-corrected chi connectivity index (χ1v) is 5.99. The van der Waals surface area contributed by atoms with E-state index in [1.807, 2.05) is 0 Å². The van der Waals surface area contributed by atoms with Gasteiger partial charge in [0.05, 0.1) is 16.6 Å². The van der Waals surface area contributed by atoms with E-state index in [1.165, 1.54) is 0 Å². The van der Waals surface area contributed by atoms with Gasteiger partial charge < -0.3 is 14.8 Å². The van der Waals surface area contributed by atoms with Gasteiger partial charge in [-0.05, 0) is 30.5 Å². The Bertz CT molecular complexity index is 605. The van der Waals surface area contributed by atoms with Gasteiger partial charge in [0.15, 0.2) is 0 Å². The van der Waals surface area contributed by atoms with E-state index in [9.17, 15) is 4.79 Å². The number of H-pyrrole nitrogens is 1. The van der Waals surface area contributed by atoms with Crippen molar-refractivity contribution in [2.45, 2.75) is 19.4 Å². The Balaban J connectivity index is 2.02. The number of imidazole rings is 1. The van der Waals surface area contributed by atoms with Gasteiger partial charge in [0, 0.05) is 6.61 Å². The minimum atomic E-state index is -0.932. The molecule has 1 fully saturated rings. The molecule has 2 N–H and O–H groups in total. The van der Waals surface area contributed by atoms with E-state index in [-0.39, 0.29) is 11.7 Å². The van der Waals surface area contributed by atoms with E-state index in [4.69, 9.17) is 9.84 Å². The van der Waals surface area contributed by atoms with Crippen LogP contribution in [0.4, 0.5) is 0 Å². The number of rotatable bonds is 2. The minimum absolute atomic E-state index is 0.00863. The maximum Gasteiger partial charge on any atom is 0.335 e. The summed E-state index contributed by atoms with van der Waals surface area (Å²) in [6.45, 7) is 2.89. The van der Waals surface area contributed by atoms with Crippen molar-refractivity contribution < 1.29 is 14.6 Å². The molecule has 0 spiro atoms. The molecule has 2 atom stereocenters. The highest BCUT2D eigenvalue weighted by molar-refractivity contribution is 5.92. The molecule has 1 aliphatic rings. The highest BCUT2D eigenvalue weighted by Crippen LogP contribution is 2.33. The van der Waals surface area contributed by atoms with Crippen LogP contribution >= 0.6 is 0 Å². The highest BCUT2D eigenvalue weighted by Gasteiger charge is 2.28. The van der Waals surface area contributed by atoms with Crippen LogP contribution in [0.5, 0.6) is 0 Å². The van der Waals surface area contributed by atoms with Crippen molar-refractivity contribution in [1.82, 2.24) is 9.97 Å². The van der Waals surface area contributed by atoms with Crippen molar-refractivity contribution in [3.8, 4) is 0 Å². The fourth-order valence-corrected chi connectivity index (χ4v) is 2.34. The summed E-state index contributed by atoms with van der Waals surface area (Å²) < 4.78 is 5.65. The molecule has 94 valence electrons. The van der Waals surface area contributed by atoms with E-state index in [1.54, 1.807) is 18.2 Å². The number of carbonyl (C=O) groups is 1. The third kappa shape index (κ3) is 1.76. The summed E-state index contributed by atoms with van der Waals surface area (Å²) in [4.78, 5) is 18.5. The van der Waals surface area contributed by atoms with Gasteiger partial charge >= 0.3 is 5.97 Å². The third-order valence-electron chi connectivity index (χ3n) is 3.40. The lowest BCUT2D eigenvalue weighted by molar-refractivity contribution is 0.0697. The maximum absolute atomic E-state index is 10.9. The summed E-state index contributed by atoms with van der Waals surface area (Å²) in [5.74, 6) is 0.292. The van der Waals surface area contributed by atoms with Crippen LogP contribution in [-0.4, -0.2) is 27.7 Å². The minimum Gasteiger partial charge on any atom is -0.478 e. The number of carboxylic acids is 1. The van der Waals surface area contributed by atoms with Crippen LogP contribution in [0.25, 0.3) is 11.0 Å². The molecule has 3 rings (SSSR count). The number of aromatic carboxylic acids is 1. The summed E-state index contributed by atoms with van der Waals surface area (Å²) in [6.07, 6.45) is 1.02. The average Bonchev–Trinajstić information content (AvgIpc) is 2.92. The van der Waals surface area contributed by atoms with E-state index < -0.39 is 5.97 Å². The lowest BCUT2D eigenvalue weighted by Gasteiger charge is -2.10. The Morgan fingerprint density at radius 3 is 3.06 bits per heavy atom. The number of aromatic nitrogens is 2. The van der Waals surface area contributed by atoms with Gasteiger partial charge in [-0.3, -0.25) is 0 Å². The Kier molecular flexibility index (Phi) is 2.56. The number of nitrogens with one attached hydrogen (secondary N) is 1. The average molecular weight is 246 g/mol. The molecule has 1 aliphatic heterocycles. The van der Waals surface area contributed by atoms with E-state index >= 15 is 0 Å². The summed E-state index contributed by atoms with van der Waals surface area (Å²) in [5.41, 5.74) is 1.78. The number of hydrogen-bond acceptors (Lipinski definition) is 3. The second-order valence-corrected chi connectivity index (χ2v) is 4.72. The standard InChI is InChI=1S/C13H14N2O3/c1-7-4-5-18-11(7)12-14-9-3-2-8(13(16)17)6-10(9)15-12/h2-3,6-7,11H,4-5H2,1H3,(H,14,15)(H,16,17). The first-order chi connectivity index (χ1) is 8.65. The molecule has 5 heteroatoms. The van der Waals surface area contributed by atoms with Crippen LogP contribution in [0.15, 0.2) is 18.2 Å². The Hall–Kier alpha value is -1.88. The Labute approximate surface area is 104 Å². The molecule has 0 radical (unpaired) electrons. The van der Waals surface area contributed by atoms with Crippen LogP contribution in [0, 0.1) is 5.92 Å². The summed E-state index contributed by atoms with van der Waals surface area (Å²) in [6, 6.07) is 4.89. The lowest BCUT2D eigenvalue weighted by Crippen LogP contribution is -2.05. The van der Waals surface area contributed by atoms with Gasteiger partial charge in [-0.15, -0.1) is 0 Å². The predicted molar refractivity (Wildman–Crippen MR) is 65.5 cm³/mol. The molecule has 5 nitrogen and oxygen atoms in total. The van der Waals surface area contributed by atoms with Gasteiger partial charge in [0.2, 0.25) is 0 Å². The molecule has 1 aromatic carbocycles. The zero-order valence-corrected chi connectivity index (χ0v) is 10.0. The lowest BCUT2D eigenvalue weighted by atomic mass is 10.0. The smallest absolute Gasteiger partial charge is 0.335 e. The maximum atomic E-state index is 10.9. The fourth-order valence-electron chi connectivity index (χ4n) is 2.34. The van der Waals surface area contributed by atoms with Gasteiger partial charge in [0.25, 0.3) is 0 Å². The van der Waals surface area contributed by atoms with E-state index in [2.05, 4.69) is 16.9 Å². The van der Waals surface area contributed by atoms with Crippen molar-refractivity contribution in [2.75, 3.05) is 6.61 Å². The number of ether oxygens (including phenoxy) is 1. The number of benzene rings is 1. The second-order valence-electron chi connectivity index (χ2n) is 4.72. The molecule has 1 aromatic heterocycles. The molecule has 18 heavy (non-hydrogen) atoms. The summed E-state index contributed by atoms with van der Waals surface area (Å²) in [5, 5.41) is 8.95. The van der Waals surface area contributed by atoms with E-state index in [0.717, 1.165) is 29.9 Å². The molecule has 0 aliphatic carbocycles. The molecule has 1 saturated heterocycles. The van der Waals surface area contributed by atoms with E-state index in [0.29, 0.717) is 5.92 Å². The monoisotopic (exact) mass is 246 g/mol. The molecule has 0 bridgehead atoms. The van der Waals surface area contributed by atoms with Gasteiger partial charge in [-0.25, -0.2) is 9.78 Å². The second kappa shape index (κ2) is 4.10. The van der Waals surface area contributed by atoms with Crippen molar-refractivity contribution >= 4 is 17.0 Å². The third-order valence-corrected chi connectivity index (χ3v) is 3.40. The number of hydrogen-bond donors (Lipinski definition) is 2.